The Morgan fingerprint density at radius 3 is 2.38 bits per heavy atom. The fraction of sp³-hybridized carbons (Fsp3) is 0.556. The first-order valence-electron chi connectivity index (χ1n) is 8.53. The van der Waals surface area contributed by atoms with Gasteiger partial charge in [-0.2, -0.15) is 0 Å². The number of carbonyl (C=O) groups is 2. The summed E-state index contributed by atoms with van der Waals surface area (Å²) in [5, 5.41) is 11.9. The van der Waals surface area contributed by atoms with Crippen molar-refractivity contribution in [2.75, 3.05) is 46.3 Å². The summed E-state index contributed by atoms with van der Waals surface area (Å²) in [7, 11) is 4.54. The monoisotopic (exact) mass is 366 g/mol. The van der Waals surface area contributed by atoms with Gasteiger partial charge in [-0.15, -0.1) is 0 Å². The molecule has 26 heavy (non-hydrogen) atoms. The van der Waals surface area contributed by atoms with Crippen LogP contribution >= 0.6 is 0 Å². The average Bonchev–Trinajstić information content (AvgIpc) is 2.65. The first kappa shape index (κ1) is 19.8. The summed E-state index contributed by atoms with van der Waals surface area (Å²) in [6, 6.07) is 3.33. The summed E-state index contributed by atoms with van der Waals surface area (Å²) in [6.45, 7) is 1.84. The molecule has 1 aromatic carbocycles. The molecule has 0 aromatic heterocycles. The Kier molecular flexibility index (Phi) is 7.08. The number of carbonyl (C=O) groups excluding carboxylic acids is 1. The molecule has 1 aromatic rings. The highest BCUT2D eigenvalue weighted by atomic mass is 16.5. The largest absolute Gasteiger partial charge is 0.493 e. The van der Waals surface area contributed by atoms with Crippen molar-refractivity contribution in [3.8, 4) is 17.2 Å². The first-order valence-corrected chi connectivity index (χ1v) is 8.53. The number of rotatable bonds is 8. The first-order chi connectivity index (χ1) is 12.5. The van der Waals surface area contributed by atoms with Crippen molar-refractivity contribution in [1.29, 1.82) is 0 Å². The minimum atomic E-state index is -0.767. The quantitative estimate of drug-likeness (QED) is 0.724. The maximum atomic E-state index is 12.3. The molecule has 8 heteroatoms. The lowest BCUT2D eigenvalue weighted by atomic mass is 9.98. The number of hydrogen-bond donors (Lipinski definition) is 2. The SMILES string of the molecule is COc1cc(NC(=O)CCN2CCCC(C(=O)O)C2)cc(OC)c1OC. The number of nitrogens with one attached hydrogen (secondary N) is 1. The average molecular weight is 366 g/mol. The van der Waals surface area contributed by atoms with Gasteiger partial charge in [0.15, 0.2) is 11.5 Å². The van der Waals surface area contributed by atoms with Gasteiger partial charge < -0.3 is 29.5 Å². The zero-order chi connectivity index (χ0) is 19.1. The molecule has 1 amide bonds. The second-order valence-corrected chi connectivity index (χ2v) is 6.19. The van der Waals surface area contributed by atoms with Gasteiger partial charge in [-0.1, -0.05) is 0 Å². The summed E-state index contributed by atoms with van der Waals surface area (Å²) in [4.78, 5) is 25.4. The number of nitrogens with zero attached hydrogens (tertiary/aromatic N) is 1. The Hall–Kier alpha value is -2.48. The predicted molar refractivity (Wildman–Crippen MR) is 96.1 cm³/mol. The molecule has 1 heterocycles. The molecule has 144 valence electrons. The highest BCUT2D eigenvalue weighted by Gasteiger charge is 2.25. The molecule has 0 saturated carbocycles. The van der Waals surface area contributed by atoms with Crippen LogP contribution in [0.1, 0.15) is 19.3 Å². The van der Waals surface area contributed by atoms with E-state index in [2.05, 4.69) is 5.32 Å². The van der Waals surface area contributed by atoms with Crippen molar-refractivity contribution >= 4 is 17.6 Å². The number of benzene rings is 1. The Labute approximate surface area is 153 Å². The second kappa shape index (κ2) is 9.28. The van der Waals surface area contributed by atoms with Crippen LogP contribution in [0.15, 0.2) is 12.1 Å². The summed E-state index contributed by atoms with van der Waals surface area (Å²) in [6.07, 6.45) is 1.82. The van der Waals surface area contributed by atoms with E-state index in [1.807, 2.05) is 4.90 Å². The smallest absolute Gasteiger partial charge is 0.307 e. The lowest BCUT2D eigenvalue weighted by Crippen LogP contribution is -2.40. The lowest BCUT2D eigenvalue weighted by molar-refractivity contribution is -0.143. The Morgan fingerprint density at radius 2 is 1.85 bits per heavy atom. The number of amides is 1. The van der Waals surface area contributed by atoms with Crippen LogP contribution < -0.4 is 19.5 Å². The molecule has 1 saturated heterocycles. The van der Waals surface area contributed by atoms with Crippen LogP contribution in [0.25, 0.3) is 0 Å². The normalized spacial score (nSPS) is 17.4. The molecule has 1 atom stereocenters. The van der Waals surface area contributed by atoms with E-state index < -0.39 is 5.97 Å². The Balaban J connectivity index is 1.94. The number of anilines is 1. The zero-order valence-electron chi connectivity index (χ0n) is 15.4. The molecule has 2 N–H and O–H groups in total. The Morgan fingerprint density at radius 1 is 1.19 bits per heavy atom. The van der Waals surface area contributed by atoms with Gasteiger partial charge in [0.05, 0.1) is 27.2 Å². The van der Waals surface area contributed by atoms with Gasteiger partial charge in [0.1, 0.15) is 0 Å². The molecule has 1 fully saturated rings. The summed E-state index contributed by atoms with van der Waals surface area (Å²) < 4.78 is 15.8. The van der Waals surface area contributed by atoms with E-state index >= 15 is 0 Å². The topological polar surface area (TPSA) is 97.3 Å². The van der Waals surface area contributed by atoms with Gasteiger partial charge in [-0.25, -0.2) is 0 Å². The number of aliphatic carboxylic acids is 1. The second-order valence-electron chi connectivity index (χ2n) is 6.19. The molecule has 0 radical (unpaired) electrons. The standard InChI is InChI=1S/C18H26N2O6/c1-24-14-9-13(10-15(25-2)17(14)26-3)19-16(21)6-8-20-7-4-5-12(11-20)18(22)23/h9-10,12H,4-8,11H2,1-3H3,(H,19,21)(H,22,23). The number of hydrogen-bond acceptors (Lipinski definition) is 6. The molecule has 0 bridgehead atoms. The number of carboxylic acids is 1. The molecule has 0 spiro atoms. The molecule has 8 nitrogen and oxygen atoms in total. The fourth-order valence-electron chi connectivity index (χ4n) is 3.10. The van der Waals surface area contributed by atoms with E-state index in [9.17, 15) is 9.59 Å². The maximum Gasteiger partial charge on any atom is 0.307 e. The third-order valence-electron chi connectivity index (χ3n) is 4.46. The molecular formula is C18H26N2O6. The maximum absolute atomic E-state index is 12.3. The third kappa shape index (κ3) is 5.01. The summed E-state index contributed by atoms with van der Waals surface area (Å²) in [5.41, 5.74) is 0.548. The van der Waals surface area contributed by atoms with Crippen molar-refractivity contribution in [3.63, 3.8) is 0 Å². The number of ether oxygens (including phenoxy) is 3. The third-order valence-corrected chi connectivity index (χ3v) is 4.46. The fourth-order valence-corrected chi connectivity index (χ4v) is 3.10. The van der Waals surface area contributed by atoms with Gasteiger partial charge in [0, 0.05) is 37.3 Å². The van der Waals surface area contributed by atoms with Crippen molar-refractivity contribution in [1.82, 2.24) is 4.90 Å². The molecule has 1 unspecified atom stereocenters. The Bertz CT molecular complexity index is 624. The van der Waals surface area contributed by atoms with Crippen molar-refractivity contribution in [2.24, 2.45) is 5.92 Å². The minimum Gasteiger partial charge on any atom is -0.493 e. The van der Waals surface area contributed by atoms with Crippen molar-refractivity contribution < 1.29 is 28.9 Å². The van der Waals surface area contributed by atoms with Gasteiger partial charge in [0.25, 0.3) is 0 Å². The number of methoxy groups -OCH3 is 3. The van der Waals surface area contributed by atoms with E-state index in [4.69, 9.17) is 19.3 Å². The van der Waals surface area contributed by atoms with Crippen LogP contribution in [0.4, 0.5) is 5.69 Å². The van der Waals surface area contributed by atoms with Gasteiger partial charge >= 0.3 is 5.97 Å². The molecule has 2 rings (SSSR count). The number of piperidine rings is 1. The molecule has 0 aliphatic carbocycles. The van der Waals surface area contributed by atoms with Gasteiger partial charge in [-0.05, 0) is 19.4 Å². The van der Waals surface area contributed by atoms with Crippen LogP contribution in [0.2, 0.25) is 0 Å². The lowest BCUT2D eigenvalue weighted by Gasteiger charge is -2.30. The minimum absolute atomic E-state index is 0.156. The molecule has 1 aliphatic rings. The van der Waals surface area contributed by atoms with E-state index in [1.165, 1.54) is 21.3 Å². The summed E-state index contributed by atoms with van der Waals surface area (Å²) in [5.74, 6) is 0.112. The zero-order valence-corrected chi connectivity index (χ0v) is 15.4. The van der Waals surface area contributed by atoms with E-state index in [0.717, 1.165) is 13.0 Å². The van der Waals surface area contributed by atoms with E-state index in [-0.39, 0.29) is 18.2 Å². The van der Waals surface area contributed by atoms with Crippen LogP contribution in [0.5, 0.6) is 17.2 Å². The highest BCUT2D eigenvalue weighted by Crippen LogP contribution is 2.39. The van der Waals surface area contributed by atoms with Crippen LogP contribution in [-0.4, -0.2) is 62.8 Å². The number of likely N-dealkylation sites (tertiary alicyclic amines) is 1. The summed E-state index contributed by atoms with van der Waals surface area (Å²) >= 11 is 0. The van der Waals surface area contributed by atoms with E-state index in [0.29, 0.717) is 42.4 Å². The predicted octanol–water partition coefficient (Wildman–Crippen LogP) is 1.84. The molecule has 1 aliphatic heterocycles. The number of carboxylic acid groups (broad SMARTS) is 1. The van der Waals surface area contributed by atoms with E-state index in [1.54, 1.807) is 12.1 Å². The van der Waals surface area contributed by atoms with Crippen molar-refractivity contribution in [2.45, 2.75) is 19.3 Å². The highest BCUT2D eigenvalue weighted by molar-refractivity contribution is 5.91. The van der Waals surface area contributed by atoms with Crippen LogP contribution in [-0.2, 0) is 9.59 Å². The molecular weight excluding hydrogens is 340 g/mol. The van der Waals surface area contributed by atoms with Crippen molar-refractivity contribution in [3.05, 3.63) is 12.1 Å². The van der Waals surface area contributed by atoms with Crippen LogP contribution in [0.3, 0.4) is 0 Å². The van der Waals surface area contributed by atoms with Gasteiger partial charge in [0.2, 0.25) is 11.7 Å². The van der Waals surface area contributed by atoms with Gasteiger partial charge in [-0.3, -0.25) is 9.59 Å². The van der Waals surface area contributed by atoms with Crippen LogP contribution in [0, 0.1) is 5.92 Å².